The minimum Gasteiger partial charge on any atom is -0.462 e. The van der Waals surface area contributed by atoms with Crippen molar-refractivity contribution >= 4 is 23.9 Å². The third-order valence-electron chi connectivity index (χ3n) is 8.17. The molecule has 40 heavy (non-hydrogen) atoms. The molecule has 4 rings (SSSR count). The summed E-state index contributed by atoms with van der Waals surface area (Å²) >= 11 is 0. The summed E-state index contributed by atoms with van der Waals surface area (Å²) in [5.74, 6) is -4.92. The molecule has 4 fully saturated rings. The largest absolute Gasteiger partial charge is 0.462 e. The average Bonchev–Trinajstić information content (AvgIpc) is 2.97. The van der Waals surface area contributed by atoms with Crippen LogP contribution in [0, 0.1) is 11.8 Å². The van der Waals surface area contributed by atoms with Crippen LogP contribution in [0.3, 0.4) is 0 Å². The Morgan fingerprint density at radius 3 is 0.975 bits per heavy atom. The van der Waals surface area contributed by atoms with Crippen molar-refractivity contribution in [2.24, 2.45) is 11.8 Å². The monoisotopic (exact) mass is 566 g/mol. The fourth-order valence-corrected chi connectivity index (χ4v) is 5.76. The predicted molar refractivity (Wildman–Crippen MR) is 144 cm³/mol. The molecule has 4 aliphatic rings. The second kappa shape index (κ2) is 16.2. The van der Waals surface area contributed by atoms with Gasteiger partial charge in [-0.1, -0.05) is 0 Å². The Hall–Kier alpha value is -2.28. The van der Waals surface area contributed by atoms with E-state index in [-0.39, 0.29) is 37.3 Å². The standard InChI is InChI=1S/C28H46N4O8/c33-25(37-19-1-9-29-10-2-19)17-23(27(35)39-21-5-13-31-14-6-21)24(28(36)40-22-7-15-32-16-8-22)18-26(34)38-20-3-11-30-12-4-20/h19-24,29-32H,1-18H2. The molecular weight excluding hydrogens is 520 g/mol. The zero-order valence-electron chi connectivity index (χ0n) is 23.5. The van der Waals surface area contributed by atoms with Gasteiger partial charge >= 0.3 is 23.9 Å². The number of nitrogens with one attached hydrogen (secondary N) is 4. The maximum atomic E-state index is 13.6. The third-order valence-corrected chi connectivity index (χ3v) is 8.17. The van der Waals surface area contributed by atoms with Gasteiger partial charge in [0.05, 0.1) is 24.7 Å². The van der Waals surface area contributed by atoms with E-state index in [1.807, 2.05) is 0 Å². The fourth-order valence-electron chi connectivity index (χ4n) is 5.76. The summed E-state index contributed by atoms with van der Waals surface area (Å²) in [4.78, 5) is 53.4. The highest BCUT2D eigenvalue weighted by Crippen LogP contribution is 2.28. The van der Waals surface area contributed by atoms with Gasteiger partial charge in [-0.2, -0.15) is 0 Å². The highest BCUT2D eigenvalue weighted by molar-refractivity contribution is 5.88. The van der Waals surface area contributed by atoms with Crippen LogP contribution in [0.15, 0.2) is 0 Å². The first kappa shape index (κ1) is 30.7. The summed E-state index contributed by atoms with van der Waals surface area (Å²) in [6.45, 7) is 5.82. The second-order valence-electron chi connectivity index (χ2n) is 11.3. The normalized spacial score (nSPS) is 23.5. The molecule has 4 saturated heterocycles. The smallest absolute Gasteiger partial charge is 0.310 e. The fraction of sp³-hybridized carbons (Fsp3) is 0.857. The Kier molecular flexibility index (Phi) is 12.4. The minimum atomic E-state index is -1.21. The molecule has 12 heteroatoms. The molecule has 0 bridgehead atoms. The van der Waals surface area contributed by atoms with Crippen molar-refractivity contribution in [3.8, 4) is 0 Å². The van der Waals surface area contributed by atoms with Gasteiger partial charge in [0.15, 0.2) is 0 Å². The molecule has 4 heterocycles. The van der Waals surface area contributed by atoms with Crippen LogP contribution in [0.25, 0.3) is 0 Å². The van der Waals surface area contributed by atoms with Crippen molar-refractivity contribution in [2.75, 3.05) is 52.4 Å². The van der Waals surface area contributed by atoms with Gasteiger partial charge in [-0.25, -0.2) is 0 Å². The zero-order valence-corrected chi connectivity index (χ0v) is 23.5. The number of piperidine rings is 4. The average molecular weight is 567 g/mol. The maximum Gasteiger partial charge on any atom is 0.310 e. The molecule has 0 amide bonds. The van der Waals surface area contributed by atoms with E-state index in [1.165, 1.54) is 0 Å². The Balaban J connectivity index is 1.50. The Bertz CT molecular complexity index is 766. The highest BCUT2D eigenvalue weighted by atomic mass is 16.6. The molecule has 0 radical (unpaired) electrons. The summed E-state index contributed by atoms with van der Waals surface area (Å²) in [6.07, 6.45) is 3.41. The number of carbonyl (C=O) groups excluding carboxylic acids is 4. The van der Waals surface area contributed by atoms with Crippen LogP contribution in [0.4, 0.5) is 0 Å². The van der Waals surface area contributed by atoms with Crippen LogP contribution in [0.5, 0.6) is 0 Å². The molecule has 2 unspecified atom stereocenters. The molecule has 0 spiro atoms. The van der Waals surface area contributed by atoms with Gasteiger partial charge in [-0.15, -0.1) is 0 Å². The van der Waals surface area contributed by atoms with Crippen LogP contribution < -0.4 is 21.3 Å². The second-order valence-corrected chi connectivity index (χ2v) is 11.3. The molecule has 0 aromatic heterocycles. The SMILES string of the molecule is O=C(CC(C(=O)OC1CCNCC1)C(CC(=O)OC1CCNCC1)C(=O)OC1CCNCC1)OC1CCNCC1. The number of esters is 4. The van der Waals surface area contributed by atoms with Crippen LogP contribution in [-0.2, 0) is 38.1 Å². The molecule has 0 aromatic rings. The lowest BCUT2D eigenvalue weighted by Crippen LogP contribution is -2.42. The number of hydrogen-bond donors (Lipinski definition) is 4. The molecule has 226 valence electrons. The molecule has 0 saturated carbocycles. The summed E-state index contributed by atoms with van der Waals surface area (Å²) in [5.41, 5.74) is 0. The minimum absolute atomic E-state index is 0.250. The van der Waals surface area contributed by atoms with E-state index in [0.717, 1.165) is 26.2 Å². The van der Waals surface area contributed by atoms with Gasteiger partial charge in [-0.05, 0) is 104 Å². The Morgan fingerprint density at radius 2 is 0.700 bits per heavy atom. The van der Waals surface area contributed by atoms with E-state index < -0.39 is 35.7 Å². The van der Waals surface area contributed by atoms with Gasteiger partial charge in [-0.3, -0.25) is 19.2 Å². The van der Waals surface area contributed by atoms with E-state index >= 15 is 0 Å². The first-order valence-corrected chi connectivity index (χ1v) is 15.1. The van der Waals surface area contributed by atoms with Crippen molar-refractivity contribution in [3.05, 3.63) is 0 Å². The van der Waals surface area contributed by atoms with Gasteiger partial charge < -0.3 is 40.2 Å². The van der Waals surface area contributed by atoms with E-state index in [0.29, 0.717) is 77.5 Å². The lowest BCUT2D eigenvalue weighted by molar-refractivity contribution is -0.174. The maximum absolute atomic E-state index is 13.6. The molecule has 0 aromatic carbocycles. The molecule has 4 aliphatic heterocycles. The summed E-state index contributed by atoms with van der Waals surface area (Å²) in [7, 11) is 0. The predicted octanol–water partition coefficient (Wildman–Crippen LogP) is 0.180. The van der Waals surface area contributed by atoms with Crippen LogP contribution in [0.1, 0.15) is 64.2 Å². The Morgan fingerprint density at radius 1 is 0.450 bits per heavy atom. The summed E-state index contributed by atoms with van der Waals surface area (Å²) in [6, 6.07) is 0. The van der Waals surface area contributed by atoms with Crippen molar-refractivity contribution in [1.29, 1.82) is 0 Å². The van der Waals surface area contributed by atoms with Gasteiger partial charge in [0.2, 0.25) is 0 Å². The molecule has 12 nitrogen and oxygen atoms in total. The van der Waals surface area contributed by atoms with Crippen LogP contribution in [0.2, 0.25) is 0 Å². The van der Waals surface area contributed by atoms with Crippen molar-refractivity contribution in [2.45, 2.75) is 88.6 Å². The number of hydrogen-bond acceptors (Lipinski definition) is 12. The van der Waals surface area contributed by atoms with Gasteiger partial charge in [0.1, 0.15) is 24.4 Å². The van der Waals surface area contributed by atoms with Crippen LogP contribution >= 0.6 is 0 Å². The first-order valence-electron chi connectivity index (χ1n) is 15.1. The van der Waals surface area contributed by atoms with Gasteiger partial charge in [0, 0.05) is 0 Å². The first-order chi connectivity index (χ1) is 19.5. The van der Waals surface area contributed by atoms with Crippen molar-refractivity contribution in [3.63, 3.8) is 0 Å². The van der Waals surface area contributed by atoms with Crippen molar-refractivity contribution < 1.29 is 38.1 Å². The molecule has 2 atom stereocenters. The van der Waals surface area contributed by atoms with E-state index in [9.17, 15) is 19.2 Å². The highest BCUT2D eigenvalue weighted by Gasteiger charge is 2.42. The van der Waals surface area contributed by atoms with E-state index in [4.69, 9.17) is 18.9 Å². The topological polar surface area (TPSA) is 153 Å². The lowest BCUT2D eigenvalue weighted by atomic mass is 9.86. The third kappa shape index (κ3) is 9.97. The zero-order chi connectivity index (χ0) is 28.2. The summed E-state index contributed by atoms with van der Waals surface area (Å²) in [5, 5.41) is 12.9. The molecule has 4 N–H and O–H groups in total. The van der Waals surface area contributed by atoms with Gasteiger partial charge in [0.25, 0.3) is 0 Å². The quantitative estimate of drug-likeness (QED) is 0.199. The van der Waals surface area contributed by atoms with Crippen molar-refractivity contribution in [1.82, 2.24) is 21.3 Å². The Labute approximate surface area is 236 Å². The lowest BCUT2D eigenvalue weighted by Gasteiger charge is -2.31. The number of rotatable bonds is 11. The molecular formula is C28H46N4O8. The number of ether oxygens (including phenoxy) is 4. The molecule has 0 aliphatic carbocycles. The van der Waals surface area contributed by atoms with Crippen LogP contribution in [-0.4, -0.2) is 101 Å². The van der Waals surface area contributed by atoms with E-state index in [1.54, 1.807) is 0 Å². The summed E-state index contributed by atoms with van der Waals surface area (Å²) < 4.78 is 23.0. The van der Waals surface area contributed by atoms with E-state index in [2.05, 4.69) is 21.3 Å². The number of carbonyl (C=O) groups is 4.